The van der Waals surface area contributed by atoms with Gasteiger partial charge in [0.2, 0.25) is 11.6 Å². The number of aryl methyl sites for hydroxylation is 1. The molecule has 0 atom stereocenters. The number of hydrogen-bond acceptors (Lipinski definition) is 10. The predicted molar refractivity (Wildman–Crippen MR) is 98.8 cm³/mol. The maximum atomic E-state index is 12.8. The lowest BCUT2D eigenvalue weighted by atomic mass is 10.2. The highest BCUT2D eigenvalue weighted by Gasteiger charge is 2.25. The number of rotatable bonds is 8. The van der Waals surface area contributed by atoms with Gasteiger partial charge in [-0.25, -0.2) is 10.1 Å². The zero-order chi connectivity index (χ0) is 20.1. The van der Waals surface area contributed by atoms with Crippen molar-refractivity contribution in [2.75, 3.05) is 18.8 Å². The van der Waals surface area contributed by atoms with Crippen LogP contribution in [0.5, 0.6) is 0 Å². The molecule has 0 aliphatic heterocycles. The number of carbonyl (C=O) groups is 1. The van der Waals surface area contributed by atoms with Crippen LogP contribution in [0.15, 0.2) is 26.3 Å². The Bertz CT molecular complexity index is 968. The molecule has 0 saturated carbocycles. The van der Waals surface area contributed by atoms with Crippen molar-refractivity contribution in [3.8, 4) is 5.82 Å². The Hall–Kier alpha value is -3.54. The first kappa shape index (κ1) is 19.2. The number of nitrogens with zero attached hydrogens (tertiary/aromatic N) is 7. The van der Waals surface area contributed by atoms with Gasteiger partial charge in [0, 0.05) is 6.54 Å². The lowest BCUT2D eigenvalue weighted by Crippen LogP contribution is -2.27. The van der Waals surface area contributed by atoms with Gasteiger partial charge < -0.3 is 10.2 Å². The van der Waals surface area contributed by atoms with Crippen LogP contribution in [-0.2, 0) is 6.54 Å². The molecule has 3 N–H and O–H groups in total. The summed E-state index contributed by atoms with van der Waals surface area (Å²) in [5.74, 6) is 0.786. The summed E-state index contributed by atoms with van der Waals surface area (Å²) in [5.41, 5.74) is 8.78. The van der Waals surface area contributed by atoms with Crippen molar-refractivity contribution in [3.05, 3.63) is 35.0 Å². The summed E-state index contributed by atoms with van der Waals surface area (Å²) in [4.78, 5) is 14.9. The van der Waals surface area contributed by atoms with Crippen LogP contribution >= 0.6 is 0 Å². The van der Waals surface area contributed by atoms with Gasteiger partial charge >= 0.3 is 0 Å². The van der Waals surface area contributed by atoms with E-state index in [4.69, 9.17) is 10.2 Å². The number of furan rings is 1. The molecule has 3 aromatic rings. The molecule has 3 heterocycles. The monoisotopic (exact) mass is 387 g/mol. The van der Waals surface area contributed by atoms with E-state index < -0.39 is 5.91 Å². The Morgan fingerprint density at radius 2 is 2.14 bits per heavy atom. The molecule has 0 bridgehead atoms. The molecule has 0 aliphatic rings. The minimum absolute atomic E-state index is 0.0112. The van der Waals surface area contributed by atoms with Crippen molar-refractivity contribution in [2.45, 2.75) is 27.3 Å². The first-order valence-corrected chi connectivity index (χ1v) is 8.68. The first-order valence-electron chi connectivity index (χ1n) is 8.68. The summed E-state index contributed by atoms with van der Waals surface area (Å²) in [5, 5.41) is 19.3. The normalized spacial score (nSPS) is 11.6. The van der Waals surface area contributed by atoms with E-state index >= 15 is 0 Å². The lowest BCUT2D eigenvalue weighted by Gasteiger charge is -2.16. The van der Waals surface area contributed by atoms with Crippen molar-refractivity contribution >= 4 is 17.9 Å². The summed E-state index contributed by atoms with van der Waals surface area (Å²) in [7, 11) is 0. The highest BCUT2D eigenvalue weighted by atomic mass is 16.6. The zero-order valence-electron chi connectivity index (χ0n) is 15.8. The fraction of sp³-hybridized carbons (Fsp3) is 0.375. The second-order valence-electron chi connectivity index (χ2n) is 5.88. The zero-order valence-corrected chi connectivity index (χ0v) is 15.8. The molecule has 0 aromatic carbocycles. The van der Waals surface area contributed by atoms with Crippen LogP contribution in [-0.4, -0.2) is 55.4 Å². The van der Waals surface area contributed by atoms with Crippen molar-refractivity contribution in [3.63, 3.8) is 0 Å². The number of anilines is 1. The molecule has 0 saturated heterocycles. The molecule has 3 rings (SSSR count). The molecular weight excluding hydrogens is 366 g/mol. The van der Waals surface area contributed by atoms with Gasteiger partial charge in [-0.1, -0.05) is 19.1 Å². The van der Waals surface area contributed by atoms with E-state index in [0.717, 1.165) is 18.8 Å². The number of aromatic nitrogens is 5. The Labute approximate surface area is 160 Å². The second-order valence-corrected chi connectivity index (χ2v) is 5.88. The Kier molecular flexibility index (Phi) is 5.79. The Morgan fingerprint density at radius 3 is 2.75 bits per heavy atom. The van der Waals surface area contributed by atoms with E-state index in [2.05, 4.69) is 40.7 Å². The van der Waals surface area contributed by atoms with Crippen LogP contribution in [0.1, 0.15) is 41.6 Å². The molecule has 0 aliphatic carbocycles. The van der Waals surface area contributed by atoms with E-state index in [1.807, 2.05) is 20.8 Å². The van der Waals surface area contributed by atoms with Crippen molar-refractivity contribution in [1.29, 1.82) is 0 Å². The van der Waals surface area contributed by atoms with E-state index in [9.17, 15) is 4.79 Å². The van der Waals surface area contributed by atoms with E-state index in [0.29, 0.717) is 18.0 Å². The van der Waals surface area contributed by atoms with Gasteiger partial charge in [0.25, 0.3) is 5.91 Å². The largest absolute Gasteiger partial charge is 0.460 e. The van der Waals surface area contributed by atoms with Gasteiger partial charge in [-0.15, -0.1) is 5.10 Å². The third kappa shape index (κ3) is 4.06. The number of nitrogens with two attached hydrogens (primary N) is 1. The molecule has 148 valence electrons. The average Bonchev–Trinajstić information content (AvgIpc) is 3.39. The van der Waals surface area contributed by atoms with Crippen LogP contribution < -0.4 is 11.2 Å². The number of amides is 1. The highest BCUT2D eigenvalue weighted by Crippen LogP contribution is 2.17. The molecule has 28 heavy (non-hydrogen) atoms. The van der Waals surface area contributed by atoms with Crippen LogP contribution in [0, 0.1) is 6.92 Å². The highest BCUT2D eigenvalue weighted by molar-refractivity contribution is 5.94. The molecule has 12 nitrogen and oxygen atoms in total. The fourth-order valence-corrected chi connectivity index (χ4v) is 2.52. The van der Waals surface area contributed by atoms with Crippen molar-refractivity contribution in [2.24, 2.45) is 5.10 Å². The third-order valence-electron chi connectivity index (χ3n) is 4.04. The van der Waals surface area contributed by atoms with Gasteiger partial charge in [-0.2, -0.15) is 9.78 Å². The van der Waals surface area contributed by atoms with Crippen molar-refractivity contribution in [1.82, 2.24) is 35.6 Å². The molecule has 0 spiro atoms. The third-order valence-corrected chi connectivity index (χ3v) is 4.04. The summed E-state index contributed by atoms with van der Waals surface area (Å²) in [6, 6.07) is 3.54. The Balaban J connectivity index is 1.89. The number of hydrazone groups is 1. The summed E-state index contributed by atoms with van der Waals surface area (Å²) >= 11 is 0. The number of nitrogen functional groups attached to an aromatic ring is 1. The van der Waals surface area contributed by atoms with E-state index in [1.165, 1.54) is 10.9 Å². The molecule has 0 unspecified atom stereocenters. The van der Waals surface area contributed by atoms with Gasteiger partial charge in [0.1, 0.15) is 17.2 Å². The van der Waals surface area contributed by atoms with E-state index in [-0.39, 0.29) is 17.3 Å². The Morgan fingerprint density at radius 1 is 1.36 bits per heavy atom. The van der Waals surface area contributed by atoms with Crippen LogP contribution in [0.3, 0.4) is 0 Å². The molecule has 12 heteroatoms. The van der Waals surface area contributed by atoms with Gasteiger partial charge in [0.05, 0.1) is 6.21 Å². The smallest absolute Gasteiger partial charge is 0.292 e. The minimum atomic E-state index is -0.533. The standard InChI is InChI=1S/C16H21N9O3/c1-4-24(5-2)9-12-13(25(23-19-12)15-14(17)21-28-22-15)16(26)20-18-8-11-7-6-10(3)27-11/h6-8H,4-5,9H2,1-3H3,(H2,17,21)(H,20,26)/b18-8+. The number of carbonyl (C=O) groups excluding carboxylic acids is 1. The van der Waals surface area contributed by atoms with Gasteiger partial charge in [0.15, 0.2) is 5.69 Å². The lowest BCUT2D eigenvalue weighted by molar-refractivity contribution is 0.0945. The van der Waals surface area contributed by atoms with Crippen molar-refractivity contribution < 1.29 is 13.8 Å². The van der Waals surface area contributed by atoms with Gasteiger partial charge in [-0.3, -0.25) is 9.69 Å². The predicted octanol–water partition coefficient (Wildman–Crippen LogP) is 0.740. The quantitative estimate of drug-likeness (QED) is 0.420. The molecule has 1 amide bonds. The molecule has 0 radical (unpaired) electrons. The van der Waals surface area contributed by atoms with E-state index in [1.54, 1.807) is 12.1 Å². The average molecular weight is 387 g/mol. The fourth-order valence-electron chi connectivity index (χ4n) is 2.52. The van der Waals surface area contributed by atoms with Crippen LogP contribution in [0.25, 0.3) is 5.82 Å². The topological polar surface area (TPSA) is 153 Å². The molecular formula is C16H21N9O3. The van der Waals surface area contributed by atoms with Crippen LogP contribution in [0.2, 0.25) is 0 Å². The maximum Gasteiger partial charge on any atom is 0.292 e. The number of nitrogens with one attached hydrogen (secondary N) is 1. The number of hydrogen-bond donors (Lipinski definition) is 2. The second kappa shape index (κ2) is 8.43. The van der Waals surface area contributed by atoms with Gasteiger partial charge in [-0.05, 0) is 42.5 Å². The molecule has 0 fully saturated rings. The first-order chi connectivity index (χ1) is 13.5. The SMILES string of the molecule is CCN(CC)Cc1nnn(-c2nonc2N)c1C(=O)N/N=C/c1ccc(C)o1. The van der Waals surface area contributed by atoms with Crippen LogP contribution in [0.4, 0.5) is 5.82 Å². The summed E-state index contributed by atoms with van der Waals surface area (Å²) in [6.07, 6.45) is 1.40. The maximum absolute atomic E-state index is 12.8. The minimum Gasteiger partial charge on any atom is -0.460 e. The molecule has 3 aromatic heterocycles. The summed E-state index contributed by atoms with van der Waals surface area (Å²) in [6.45, 7) is 7.84. The summed E-state index contributed by atoms with van der Waals surface area (Å²) < 4.78 is 11.2.